The van der Waals surface area contributed by atoms with Crippen LogP contribution in [0.1, 0.15) is 30.5 Å². The number of esters is 2. The zero-order valence-corrected chi connectivity index (χ0v) is 73.6. The van der Waals surface area contributed by atoms with Crippen LogP contribution in [0.5, 0.6) is 0 Å². The van der Waals surface area contributed by atoms with E-state index < -0.39 is 131 Å². The molecule has 0 saturated carbocycles. The number of H-pyrrole nitrogens is 2. The van der Waals surface area contributed by atoms with E-state index in [0.717, 1.165) is 44.2 Å². The van der Waals surface area contributed by atoms with Crippen molar-refractivity contribution >= 4 is 139 Å². The number of halogens is 5. The van der Waals surface area contributed by atoms with E-state index in [1.807, 2.05) is 0 Å². The lowest BCUT2D eigenvalue weighted by Gasteiger charge is -2.35. The van der Waals surface area contributed by atoms with Gasteiger partial charge in [0.1, 0.15) is 60.8 Å². The molecule has 46 nitrogen and oxygen atoms in total. The summed E-state index contributed by atoms with van der Waals surface area (Å²) in [7, 11) is 0. The van der Waals surface area contributed by atoms with E-state index in [2.05, 4.69) is 45.1 Å². The Balaban J connectivity index is 0.000000172. The van der Waals surface area contributed by atoms with Gasteiger partial charge in [0.15, 0.2) is 41.9 Å². The molecule has 140 heavy (non-hydrogen) atoms. The number of ether oxygens (including phenoxy) is 8. The van der Waals surface area contributed by atoms with Gasteiger partial charge in [-0.3, -0.25) is 72.4 Å². The van der Waals surface area contributed by atoms with Crippen LogP contribution in [-0.4, -0.2) is 248 Å². The Morgan fingerprint density at radius 2 is 0.836 bits per heavy atom. The number of oxime groups is 1. The van der Waals surface area contributed by atoms with Crippen molar-refractivity contribution in [3.8, 4) is 28.8 Å². The molecule has 0 spiro atoms. The molecule has 0 radical (unpaired) electrons. The maximum atomic E-state index is 14.7. The molecular weight excluding hydrogens is 1860 g/mol. The van der Waals surface area contributed by atoms with Crippen molar-refractivity contribution in [1.82, 2.24) is 20.3 Å². The van der Waals surface area contributed by atoms with Crippen LogP contribution in [0.15, 0.2) is 188 Å². The number of benzene rings is 8. The number of carboxylic acids is 1. The number of amidine groups is 2. The number of aliphatic hydroxyl groups excluding tert-OH is 1. The Labute approximate surface area is 786 Å². The molecule has 8 heterocycles. The van der Waals surface area contributed by atoms with Crippen molar-refractivity contribution < 1.29 is 137 Å². The van der Waals surface area contributed by atoms with Crippen LogP contribution < -0.4 is 80.2 Å². The summed E-state index contributed by atoms with van der Waals surface area (Å²) in [6.45, 7) is 5.04. The number of rotatable bonds is 20. The summed E-state index contributed by atoms with van der Waals surface area (Å²) in [6, 6.07) is 41.0. The van der Waals surface area contributed by atoms with E-state index >= 15 is 0 Å². The number of nitrogens with one attached hydrogen (secondary N) is 5. The number of nitrogens with zero attached hydrogens (tertiary/aromatic N) is 10. The highest BCUT2D eigenvalue weighted by Crippen LogP contribution is 2.33. The number of morpholine rings is 6. The zero-order chi connectivity index (χ0) is 101. The van der Waals surface area contributed by atoms with Crippen molar-refractivity contribution in [2.75, 3.05) is 156 Å². The molecule has 2 aromatic heterocycles. The Morgan fingerprint density at radius 3 is 1.22 bits per heavy atom. The fraction of sp³-hybridized carbons (Fsp3) is 0.258. The van der Waals surface area contributed by atoms with Gasteiger partial charge in [0.25, 0.3) is 47.3 Å². The quantitative estimate of drug-likeness (QED) is 0.00989. The van der Waals surface area contributed by atoms with Crippen LogP contribution in [0.2, 0.25) is 0 Å². The molecule has 51 heteroatoms. The number of hydrogen-bond donors (Lipinski definition) is 13. The molecule has 6 fully saturated rings. The number of aromatic nitrogens is 4. The standard InChI is InChI=1S/C26H24FN5O9.C23H24FN5O6.C18H20N2O8.C8H6FN3O2.C7H8FN3O.C7H5FN2/c1-14(33)40-21(24(35)28-15-5-6-18(19(27)11-15)23-29-26(37)41-30-23)22-25(36)32(8-10-39-22)17-4-2-3-16(12-17)31-7-9-38-13-20(31)34;24-17-10-13(4-5-16(17)21(25)26)27-22(32)19(31)20-23(33)29(7-9-35-20)15-3-1-2-14(11-15)28-6-8-34-12-18(28)30;1-11(21)28-16(18(24)25)15-17(23)20(6-8-27-15)13-4-2-3-12(9-13)19-5-7-26-10-14(19)22;9-6-3-4(10)1-2-5(6)7-11-8(13)14-12-7;8-6-3-4(9)1-2-5(6)7(10)11-12;8-7-3-6(10)2-1-5(7)4-9/h2-6,11-12,21-22H,7-10,13H2,1H3,(H,28,35)(H,29,30,37);1-5,10-11,19-20,31H,6-9,12H2,(H3,25,26)(H,27,32);2-4,9,15-16H,5-8,10H2,1H3,(H,24,25);1-3H,10H2,(H,11,12,13);1-3,12H,9H2,(H2,10,11);1-3H,10H2/t21-,22-;19-,20-;15-,16-;;;/m111.../s1. The third-order valence-corrected chi connectivity index (χ3v) is 20.5. The first-order chi connectivity index (χ1) is 66.9. The molecule has 10 aromatic rings. The van der Waals surface area contributed by atoms with E-state index in [1.165, 1.54) is 75.4 Å². The van der Waals surface area contributed by atoms with Gasteiger partial charge in [0, 0.05) is 116 Å². The SMILES string of the molecule is CC(=O)O[C@@H](C(=O)Nc1ccc(-c2noc(=O)[nH]2)c(F)c1)[C@H]1OCCN(c2cccc(N3CCOCC3=O)c2)C1=O.CC(=O)O[C@@H](C(=O)O)[C@H]1OCCN(c2cccc(N3CCOCC3=O)c2)C1=O.N#Cc1ccc(N)cc1F.N=C(N)c1ccc(NC(=O)[C@H](O)[C@H]2OCCN(c3cccc(N4CCOCC4=O)c3)C2=O)cc1F.NC(=NO)c1ccc(N)cc1F.Nc1ccc(-c2noc(=O)[nH]2)c(F)c1. The molecule has 6 saturated heterocycles. The van der Waals surface area contributed by atoms with Gasteiger partial charge in [-0.25, -0.2) is 36.3 Å². The second-order valence-corrected chi connectivity index (χ2v) is 30.0. The first-order valence-corrected chi connectivity index (χ1v) is 41.6. The van der Waals surface area contributed by atoms with Crippen LogP contribution in [0.4, 0.5) is 84.5 Å². The summed E-state index contributed by atoms with van der Waals surface area (Å²) < 4.78 is 118. The van der Waals surface area contributed by atoms with Gasteiger partial charge in [-0.15, -0.1) is 0 Å². The fourth-order valence-electron chi connectivity index (χ4n) is 14.0. The summed E-state index contributed by atoms with van der Waals surface area (Å²) in [5.74, 6) is -13.4. The summed E-state index contributed by atoms with van der Waals surface area (Å²) in [5, 5.41) is 57.9. The first kappa shape index (κ1) is 103. The van der Waals surface area contributed by atoms with Crippen molar-refractivity contribution in [2.45, 2.75) is 50.5 Å². The number of carbonyl (C=O) groups excluding carboxylic acids is 10. The number of nitrogens with two attached hydrogens (primary N) is 5. The number of anilines is 11. The molecule has 6 aliphatic rings. The van der Waals surface area contributed by atoms with Crippen molar-refractivity contribution in [1.29, 1.82) is 10.7 Å². The van der Waals surface area contributed by atoms with Crippen LogP contribution in [-0.2, 0) is 90.6 Å². The first-order valence-electron chi connectivity index (χ1n) is 41.6. The number of nitriles is 1. The van der Waals surface area contributed by atoms with Crippen LogP contribution >= 0.6 is 0 Å². The maximum Gasteiger partial charge on any atom is 0.439 e. The van der Waals surface area contributed by atoms with Crippen LogP contribution in [0.25, 0.3) is 22.8 Å². The molecule has 6 atom stereocenters. The Hall–Kier alpha value is -17.2. The average molecular weight is 1950 g/mol. The molecule has 18 N–H and O–H groups in total. The van der Waals surface area contributed by atoms with Gasteiger partial charge in [0.05, 0.1) is 67.5 Å². The van der Waals surface area contributed by atoms with Crippen LogP contribution in [0, 0.1) is 45.8 Å². The number of hydrogen-bond acceptors (Lipinski definition) is 33. The second kappa shape index (κ2) is 47.8. The van der Waals surface area contributed by atoms with Gasteiger partial charge in [-0.05, 0) is 146 Å². The fourth-order valence-corrected chi connectivity index (χ4v) is 14.0. The van der Waals surface area contributed by atoms with Crippen molar-refractivity contribution in [3.05, 3.63) is 231 Å². The third-order valence-electron chi connectivity index (χ3n) is 20.5. The molecular formula is C89H87F5N20O26. The smallest absolute Gasteiger partial charge is 0.439 e. The number of aliphatic carboxylic acids is 1. The van der Waals surface area contributed by atoms with Gasteiger partial charge < -0.3 is 122 Å². The number of amides is 8. The van der Waals surface area contributed by atoms with Gasteiger partial charge in [0.2, 0.25) is 12.2 Å². The average Bonchev–Trinajstić information content (AvgIpc) is 0.890. The molecule has 16 rings (SSSR count). The van der Waals surface area contributed by atoms with Crippen molar-refractivity contribution in [3.63, 3.8) is 0 Å². The summed E-state index contributed by atoms with van der Waals surface area (Å²) in [5.41, 5.74) is 30.4. The zero-order valence-electron chi connectivity index (χ0n) is 73.6. The Bertz CT molecular complexity index is 6510. The second-order valence-electron chi connectivity index (χ2n) is 30.0. The summed E-state index contributed by atoms with van der Waals surface area (Å²) >= 11 is 0. The highest BCUT2D eigenvalue weighted by molar-refractivity contribution is 6.08. The van der Waals surface area contributed by atoms with Gasteiger partial charge in [-0.1, -0.05) is 33.7 Å². The molecule has 8 aromatic carbocycles. The largest absolute Gasteiger partial charge is 0.478 e. The van der Waals surface area contributed by atoms with E-state index in [1.54, 1.807) is 93.6 Å². The number of carbonyl (C=O) groups is 11. The highest BCUT2D eigenvalue weighted by Gasteiger charge is 2.46. The van der Waals surface area contributed by atoms with Crippen LogP contribution in [0.3, 0.4) is 0 Å². The topological polar surface area (TPSA) is 674 Å². The minimum atomic E-state index is -1.87. The van der Waals surface area contributed by atoms with E-state index in [9.17, 15) is 94.5 Å². The lowest BCUT2D eigenvalue weighted by atomic mass is 10.1. The minimum Gasteiger partial charge on any atom is -0.478 e. The number of nitrogen functional groups attached to an aromatic ring is 4. The highest BCUT2D eigenvalue weighted by atomic mass is 19.1. The van der Waals surface area contributed by atoms with Gasteiger partial charge in [-0.2, -0.15) is 5.26 Å². The minimum absolute atomic E-state index is 0.00847. The predicted molar refractivity (Wildman–Crippen MR) is 483 cm³/mol. The Kier molecular flexibility index (Phi) is 35.3. The monoisotopic (exact) mass is 1950 g/mol. The Morgan fingerprint density at radius 1 is 0.479 bits per heavy atom. The number of aromatic amines is 2. The number of aliphatic hydroxyl groups is 1. The maximum absolute atomic E-state index is 14.7. The molecule has 6 aliphatic heterocycles. The summed E-state index contributed by atoms with van der Waals surface area (Å²) in [4.78, 5) is 171. The van der Waals surface area contributed by atoms with Crippen molar-refractivity contribution in [2.24, 2.45) is 16.6 Å². The molecule has 8 amide bonds. The molecule has 0 unspecified atom stereocenters. The molecule has 0 bridgehead atoms. The lowest BCUT2D eigenvalue weighted by molar-refractivity contribution is -0.177. The number of carboxylic acid groups (broad SMARTS) is 1. The molecule has 734 valence electrons. The van der Waals surface area contributed by atoms with E-state index in [-0.39, 0.29) is 134 Å². The predicted octanol–water partition coefficient (Wildman–Crippen LogP) is 3.37. The van der Waals surface area contributed by atoms with E-state index in [4.69, 9.17) is 82.4 Å². The lowest BCUT2D eigenvalue weighted by Crippen LogP contribution is -2.56. The normalized spacial score (nSPS) is 17.1. The molecule has 0 aliphatic carbocycles. The van der Waals surface area contributed by atoms with E-state index in [0.29, 0.717) is 90.6 Å². The third kappa shape index (κ3) is 26.7. The van der Waals surface area contributed by atoms with Gasteiger partial charge >= 0.3 is 29.4 Å². The summed E-state index contributed by atoms with van der Waals surface area (Å²) in [6.07, 6.45) is -9.77.